The van der Waals surface area contributed by atoms with Crippen molar-refractivity contribution in [2.24, 2.45) is 5.92 Å². The van der Waals surface area contributed by atoms with Gasteiger partial charge in [0.2, 0.25) is 0 Å². The molecular formula is C16H21ClN2S. The van der Waals surface area contributed by atoms with E-state index in [2.05, 4.69) is 39.9 Å². The molecule has 108 valence electrons. The Kier molecular flexibility index (Phi) is 4.32. The SMILES string of the molecule is Cl.c1ccc2c(CN3CCC4NCCC4C3)csc2c1. The molecule has 0 spiro atoms. The topological polar surface area (TPSA) is 15.3 Å². The Balaban J connectivity index is 0.00000121. The fourth-order valence-electron chi connectivity index (χ4n) is 3.66. The average Bonchev–Trinajstić information content (AvgIpc) is 3.06. The largest absolute Gasteiger partial charge is 0.314 e. The average molecular weight is 309 g/mol. The number of nitrogens with zero attached hydrogens (tertiary/aromatic N) is 1. The van der Waals surface area contributed by atoms with Gasteiger partial charge in [0.25, 0.3) is 0 Å². The third kappa shape index (κ3) is 2.60. The Labute approximate surface area is 130 Å². The first-order chi connectivity index (χ1) is 9.40. The molecule has 2 aliphatic heterocycles. The molecule has 0 radical (unpaired) electrons. The van der Waals surface area contributed by atoms with E-state index in [1.165, 1.54) is 48.1 Å². The van der Waals surface area contributed by atoms with Gasteiger partial charge in [-0.05, 0) is 54.2 Å². The van der Waals surface area contributed by atoms with Crippen molar-refractivity contribution in [3.63, 3.8) is 0 Å². The molecule has 2 atom stereocenters. The number of benzene rings is 1. The van der Waals surface area contributed by atoms with Crippen LogP contribution in [0.15, 0.2) is 29.6 Å². The van der Waals surface area contributed by atoms with Crippen molar-refractivity contribution in [3.05, 3.63) is 35.2 Å². The molecule has 3 heterocycles. The smallest absolute Gasteiger partial charge is 0.0346 e. The second-order valence-electron chi connectivity index (χ2n) is 5.89. The highest BCUT2D eigenvalue weighted by atomic mass is 35.5. The zero-order chi connectivity index (χ0) is 12.7. The van der Waals surface area contributed by atoms with Gasteiger partial charge in [0.1, 0.15) is 0 Å². The van der Waals surface area contributed by atoms with Crippen LogP contribution in [0.4, 0.5) is 0 Å². The number of hydrogen-bond donors (Lipinski definition) is 1. The molecular weight excluding hydrogens is 288 g/mol. The normalized spacial score (nSPS) is 26.4. The van der Waals surface area contributed by atoms with Crippen molar-refractivity contribution in [1.29, 1.82) is 0 Å². The Bertz CT molecular complexity index is 583. The summed E-state index contributed by atoms with van der Waals surface area (Å²) in [4.78, 5) is 2.66. The van der Waals surface area contributed by atoms with Crippen molar-refractivity contribution in [2.75, 3.05) is 19.6 Å². The maximum atomic E-state index is 3.64. The van der Waals surface area contributed by atoms with Crippen LogP contribution in [0.1, 0.15) is 18.4 Å². The lowest BCUT2D eigenvalue weighted by molar-refractivity contribution is 0.156. The van der Waals surface area contributed by atoms with Gasteiger partial charge < -0.3 is 5.32 Å². The number of fused-ring (bicyclic) bond motifs is 2. The van der Waals surface area contributed by atoms with Crippen molar-refractivity contribution < 1.29 is 0 Å². The summed E-state index contributed by atoms with van der Waals surface area (Å²) in [6.07, 6.45) is 2.69. The lowest BCUT2D eigenvalue weighted by Crippen LogP contribution is -2.43. The lowest BCUT2D eigenvalue weighted by atomic mass is 9.93. The van der Waals surface area contributed by atoms with Gasteiger partial charge in [-0.3, -0.25) is 4.90 Å². The second-order valence-corrected chi connectivity index (χ2v) is 6.80. The minimum absolute atomic E-state index is 0. The highest BCUT2D eigenvalue weighted by Gasteiger charge is 2.32. The Morgan fingerprint density at radius 3 is 3.10 bits per heavy atom. The molecule has 2 aliphatic rings. The van der Waals surface area contributed by atoms with E-state index >= 15 is 0 Å². The van der Waals surface area contributed by atoms with Gasteiger partial charge in [-0.1, -0.05) is 18.2 Å². The summed E-state index contributed by atoms with van der Waals surface area (Å²) in [5.41, 5.74) is 1.52. The Morgan fingerprint density at radius 1 is 1.25 bits per heavy atom. The number of nitrogens with one attached hydrogen (secondary N) is 1. The van der Waals surface area contributed by atoms with E-state index in [1.807, 2.05) is 11.3 Å². The fraction of sp³-hybridized carbons (Fsp3) is 0.500. The highest BCUT2D eigenvalue weighted by Crippen LogP contribution is 2.29. The molecule has 2 unspecified atom stereocenters. The highest BCUT2D eigenvalue weighted by molar-refractivity contribution is 7.17. The zero-order valence-corrected chi connectivity index (χ0v) is 13.2. The maximum absolute atomic E-state index is 3.64. The Hall–Kier alpha value is -0.610. The molecule has 0 amide bonds. The van der Waals surface area contributed by atoms with E-state index in [1.54, 1.807) is 0 Å². The molecule has 0 aliphatic carbocycles. The quantitative estimate of drug-likeness (QED) is 0.913. The van der Waals surface area contributed by atoms with E-state index in [0.717, 1.165) is 18.5 Å². The van der Waals surface area contributed by atoms with Gasteiger partial charge in [0.05, 0.1) is 0 Å². The van der Waals surface area contributed by atoms with Gasteiger partial charge in [-0.25, -0.2) is 0 Å². The standard InChI is InChI=1S/C16H20N2S.ClH/c1-2-4-16-14(3-1)13(11-19-16)10-18-8-6-15-12(9-18)5-7-17-15;/h1-4,11-12,15,17H,5-10H2;1H. The van der Waals surface area contributed by atoms with Crippen molar-refractivity contribution in [3.8, 4) is 0 Å². The van der Waals surface area contributed by atoms with Crippen LogP contribution in [0.5, 0.6) is 0 Å². The summed E-state index contributed by atoms with van der Waals surface area (Å²) in [6, 6.07) is 9.60. The van der Waals surface area contributed by atoms with E-state index in [0.29, 0.717) is 0 Å². The number of hydrogen-bond acceptors (Lipinski definition) is 3. The van der Waals surface area contributed by atoms with E-state index < -0.39 is 0 Å². The molecule has 4 heteroatoms. The van der Waals surface area contributed by atoms with Gasteiger partial charge >= 0.3 is 0 Å². The summed E-state index contributed by atoms with van der Waals surface area (Å²) in [5, 5.41) is 7.45. The summed E-state index contributed by atoms with van der Waals surface area (Å²) in [7, 11) is 0. The third-order valence-electron chi connectivity index (χ3n) is 4.69. The van der Waals surface area contributed by atoms with Crippen LogP contribution in [0.3, 0.4) is 0 Å². The molecule has 1 aromatic carbocycles. The van der Waals surface area contributed by atoms with Crippen LogP contribution in [0, 0.1) is 5.92 Å². The number of likely N-dealkylation sites (tertiary alicyclic amines) is 1. The van der Waals surface area contributed by atoms with Crippen molar-refractivity contribution in [1.82, 2.24) is 10.2 Å². The molecule has 4 rings (SSSR count). The van der Waals surface area contributed by atoms with Gasteiger partial charge in [0, 0.05) is 23.8 Å². The first kappa shape index (κ1) is 14.3. The molecule has 1 N–H and O–H groups in total. The summed E-state index contributed by atoms with van der Waals surface area (Å²) in [6.45, 7) is 4.89. The predicted molar refractivity (Wildman–Crippen MR) is 88.9 cm³/mol. The molecule has 2 aromatic rings. The number of piperidine rings is 1. The molecule has 0 bridgehead atoms. The monoisotopic (exact) mass is 308 g/mol. The molecule has 0 saturated carbocycles. The fourth-order valence-corrected chi connectivity index (χ4v) is 4.62. The van der Waals surface area contributed by atoms with Crippen LogP contribution < -0.4 is 5.32 Å². The van der Waals surface area contributed by atoms with Crippen molar-refractivity contribution in [2.45, 2.75) is 25.4 Å². The van der Waals surface area contributed by atoms with Gasteiger partial charge in [-0.15, -0.1) is 23.7 Å². The van der Waals surface area contributed by atoms with Gasteiger partial charge in [0.15, 0.2) is 0 Å². The minimum atomic E-state index is 0. The summed E-state index contributed by atoms with van der Waals surface area (Å²) < 4.78 is 1.43. The Morgan fingerprint density at radius 2 is 2.15 bits per heavy atom. The number of halogens is 1. The molecule has 2 nitrogen and oxygen atoms in total. The van der Waals surface area contributed by atoms with E-state index in [9.17, 15) is 0 Å². The summed E-state index contributed by atoms with van der Waals surface area (Å²) in [5.74, 6) is 0.888. The molecule has 2 saturated heterocycles. The molecule has 1 aromatic heterocycles. The molecule has 20 heavy (non-hydrogen) atoms. The van der Waals surface area contributed by atoms with E-state index in [4.69, 9.17) is 0 Å². The second kappa shape index (κ2) is 6.02. The molecule has 2 fully saturated rings. The minimum Gasteiger partial charge on any atom is -0.314 e. The van der Waals surface area contributed by atoms with Crippen LogP contribution in [-0.2, 0) is 6.54 Å². The van der Waals surface area contributed by atoms with Crippen LogP contribution in [-0.4, -0.2) is 30.6 Å². The number of rotatable bonds is 2. The number of thiophene rings is 1. The van der Waals surface area contributed by atoms with Gasteiger partial charge in [-0.2, -0.15) is 0 Å². The lowest BCUT2D eigenvalue weighted by Gasteiger charge is -2.34. The maximum Gasteiger partial charge on any atom is 0.0346 e. The third-order valence-corrected chi connectivity index (χ3v) is 5.71. The van der Waals surface area contributed by atoms with Crippen LogP contribution >= 0.6 is 23.7 Å². The van der Waals surface area contributed by atoms with E-state index in [-0.39, 0.29) is 12.4 Å². The van der Waals surface area contributed by atoms with Crippen molar-refractivity contribution >= 4 is 33.8 Å². The first-order valence-corrected chi connectivity index (χ1v) is 8.19. The van der Waals surface area contributed by atoms with Crippen LogP contribution in [0.2, 0.25) is 0 Å². The first-order valence-electron chi connectivity index (χ1n) is 7.31. The summed E-state index contributed by atoms with van der Waals surface area (Å²) >= 11 is 1.88. The van der Waals surface area contributed by atoms with Crippen LogP contribution in [0.25, 0.3) is 10.1 Å². The predicted octanol–water partition coefficient (Wildman–Crippen LogP) is 3.51. The zero-order valence-electron chi connectivity index (χ0n) is 11.5.